The molecule has 0 saturated heterocycles. The van der Waals surface area contributed by atoms with Gasteiger partial charge < -0.3 is 4.74 Å². The van der Waals surface area contributed by atoms with Crippen LogP contribution in [0, 0.1) is 5.92 Å². The molecule has 0 radical (unpaired) electrons. The summed E-state index contributed by atoms with van der Waals surface area (Å²) in [5.41, 5.74) is 3.04. The number of hydrogen-bond donors (Lipinski definition) is 0. The summed E-state index contributed by atoms with van der Waals surface area (Å²) >= 11 is 0. The van der Waals surface area contributed by atoms with E-state index < -0.39 is 0 Å². The fraction of sp³-hybridized carbons (Fsp3) is 0.500. The third-order valence-electron chi connectivity index (χ3n) is 2.69. The Kier molecular flexibility index (Phi) is 2.65. The standard InChI is InChI=1S/C12H16O/c1-2-13-9-10-7-11-5-3-4-6-12(11)8-10/h3-6,10H,2,7-9H2,1H3. The fourth-order valence-corrected chi connectivity index (χ4v) is 2.05. The van der Waals surface area contributed by atoms with Gasteiger partial charge in [0.2, 0.25) is 0 Å². The van der Waals surface area contributed by atoms with E-state index in [9.17, 15) is 0 Å². The van der Waals surface area contributed by atoms with Crippen LogP contribution in [-0.2, 0) is 17.6 Å². The monoisotopic (exact) mass is 176 g/mol. The van der Waals surface area contributed by atoms with Gasteiger partial charge in [0.1, 0.15) is 0 Å². The van der Waals surface area contributed by atoms with Gasteiger partial charge in [-0.2, -0.15) is 0 Å². The Balaban J connectivity index is 1.97. The van der Waals surface area contributed by atoms with Gasteiger partial charge in [-0.25, -0.2) is 0 Å². The van der Waals surface area contributed by atoms with Crippen molar-refractivity contribution in [3.05, 3.63) is 35.4 Å². The van der Waals surface area contributed by atoms with E-state index in [-0.39, 0.29) is 0 Å². The lowest BCUT2D eigenvalue weighted by molar-refractivity contribution is 0.113. The second kappa shape index (κ2) is 3.93. The molecule has 13 heavy (non-hydrogen) atoms. The minimum Gasteiger partial charge on any atom is -0.381 e. The van der Waals surface area contributed by atoms with E-state index in [1.54, 1.807) is 0 Å². The number of benzene rings is 1. The zero-order valence-electron chi connectivity index (χ0n) is 8.12. The van der Waals surface area contributed by atoms with Crippen LogP contribution in [-0.4, -0.2) is 13.2 Å². The SMILES string of the molecule is CCOCC1Cc2ccccc2C1. The van der Waals surface area contributed by atoms with Gasteiger partial charge in [0.05, 0.1) is 0 Å². The number of hydrogen-bond acceptors (Lipinski definition) is 1. The zero-order valence-corrected chi connectivity index (χ0v) is 8.12. The Labute approximate surface area is 79.7 Å². The lowest BCUT2D eigenvalue weighted by atomic mass is 10.1. The van der Waals surface area contributed by atoms with Crippen molar-refractivity contribution in [1.82, 2.24) is 0 Å². The van der Waals surface area contributed by atoms with Crippen LogP contribution in [0.3, 0.4) is 0 Å². The molecule has 0 aromatic heterocycles. The third kappa shape index (κ3) is 1.92. The average Bonchev–Trinajstić information content (AvgIpc) is 2.57. The van der Waals surface area contributed by atoms with Crippen LogP contribution >= 0.6 is 0 Å². The van der Waals surface area contributed by atoms with Crippen molar-refractivity contribution in [2.45, 2.75) is 19.8 Å². The van der Waals surface area contributed by atoms with Crippen molar-refractivity contribution >= 4 is 0 Å². The first-order chi connectivity index (χ1) is 6.40. The summed E-state index contributed by atoms with van der Waals surface area (Å²) in [4.78, 5) is 0. The molecule has 0 fully saturated rings. The Morgan fingerprint density at radius 3 is 2.38 bits per heavy atom. The molecule has 1 heteroatoms. The summed E-state index contributed by atoms with van der Waals surface area (Å²) in [5.74, 6) is 0.720. The molecule has 70 valence electrons. The number of fused-ring (bicyclic) bond motifs is 1. The smallest absolute Gasteiger partial charge is 0.0500 e. The average molecular weight is 176 g/mol. The van der Waals surface area contributed by atoms with E-state index in [1.165, 1.54) is 24.0 Å². The molecule has 0 N–H and O–H groups in total. The predicted octanol–water partition coefficient (Wildman–Crippen LogP) is 2.44. The molecule has 0 saturated carbocycles. The summed E-state index contributed by atoms with van der Waals surface area (Å²) in [6.45, 7) is 3.82. The highest BCUT2D eigenvalue weighted by atomic mass is 16.5. The maximum absolute atomic E-state index is 5.45. The molecule has 1 aliphatic rings. The predicted molar refractivity (Wildman–Crippen MR) is 53.8 cm³/mol. The quantitative estimate of drug-likeness (QED) is 0.687. The maximum Gasteiger partial charge on any atom is 0.0500 e. The highest BCUT2D eigenvalue weighted by molar-refractivity contribution is 5.31. The van der Waals surface area contributed by atoms with Crippen LogP contribution in [0.4, 0.5) is 0 Å². The second-order valence-electron chi connectivity index (χ2n) is 3.70. The van der Waals surface area contributed by atoms with Crippen LogP contribution in [0.1, 0.15) is 18.1 Å². The van der Waals surface area contributed by atoms with Crippen molar-refractivity contribution in [1.29, 1.82) is 0 Å². The number of ether oxygens (including phenoxy) is 1. The van der Waals surface area contributed by atoms with Crippen LogP contribution in [0.2, 0.25) is 0 Å². The summed E-state index contributed by atoms with van der Waals surface area (Å²) in [6.07, 6.45) is 2.41. The van der Waals surface area contributed by atoms with Crippen molar-refractivity contribution in [2.75, 3.05) is 13.2 Å². The third-order valence-corrected chi connectivity index (χ3v) is 2.69. The Bertz CT molecular complexity index is 255. The minimum absolute atomic E-state index is 0.720. The summed E-state index contributed by atoms with van der Waals surface area (Å²) in [6, 6.07) is 8.73. The lowest BCUT2D eigenvalue weighted by Crippen LogP contribution is -2.09. The molecule has 0 amide bonds. The summed E-state index contributed by atoms with van der Waals surface area (Å²) in [7, 11) is 0. The Morgan fingerprint density at radius 2 is 1.85 bits per heavy atom. The van der Waals surface area contributed by atoms with E-state index in [4.69, 9.17) is 4.74 Å². The summed E-state index contributed by atoms with van der Waals surface area (Å²) in [5, 5.41) is 0. The topological polar surface area (TPSA) is 9.23 Å². The zero-order chi connectivity index (χ0) is 9.10. The molecule has 0 unspecified atom stereocenters. The molecule has 1 aromatic rings. The minimum atomic E-state index is 0.720. The highest BCUT2D eigenvalue weighted by Gasteiger charge is 2.20. The van der Waals surface area contributed by atoms with Gasteiger partial charge in [-0.05, 0) is 36.8 Å². The van der Waals surface area contributed by atoms with Crippen molar-refractivity contribution in [3.8, 4) is 0 Å². The molecule has 1 nitrogen and oxygen atoms in total. The van der Waals surface area contributed by atoms with E-state index >= 15 is 0 Å². The van der Waals surface area contributed by atoms with Crippen molar-refractivity contribution in [2.24, 2.45) is 5.92 Å². The van der Waals surface area contributed by atoms with Crippen molar-refractivity contribution < 1.29 is 4.74 Å². The van der Waals surface area contributed by atoms with Gasteiger partial charge in [0.25, 0.3) is 0 Å². The maximum atomic E-state index is 5.45. The van der Waals surface area contributed by atoms with E-state index in [1.807, 2.05) is 0 Å². The lowest BCUT2D eigenvalue weighted by Gasteiger charge is -2.07. The molecular weight excluding hydrogens is 160 g/mol. The van der Waals surface area contributed by atoms with Gasteiger partial charge in [0, 0.05) is 13.2 Å². The van der Waals surface area contributed by atoms with Crippen LogP contribution in [0.25, 0.3) is 0 Å². The Morgan fingerprint density at radius 1 is 1.23 bits per heavy atom. The van der Waals surface area contributed by atoms with Crippen LogP contribution in [0.15, 0.2) is 24.3 Å². The second-order valence-corrected chi connectivity index (χ2v) is 3.70. The molecule has 1 aromatic carbocycles. The first-order valence-corrected chi connectivity index (χ1v) is 5.04. The van der Waals surface area contributed by atoms with Crippen molar-refractivity contribution in [3.63, 3.8) is 0 Å². The fourth-order valence-electron chi connectivity index (χ4n) is 2.05. The molecule has 1 aliphatic carbocycles. The van der Waals surface area contributed by atoms with E-state index in [0.29, 0.717) is 0 Å². The van der Waals surface area contributed by atoms with Gasteiger partial charge >= 0.3 is 0 Å². The van der Waals surface area contributed by atoms with E-state index in [0.717, 1.165) is 19.1 Å². The van der Waals surface area contributed by atoms with Crippen LogP contribution in [0.5, 0.6) is 0 Å². The number of rotatable bonds is 3. The first kappa shape index (κ1) is 8.76. The first-order valence-electron chi connectivity index (χ1n) is 5.04. The molecule has 0 atom stereocenters. The Hall–Kier alpha value is -0.820. The van der Waals surface area contributed by atoms with Gasteiger partial charge in [0.15, 0.2) is 0 Å². The summed E-state index contributed by atoms with van der Waals surface area (Å²) < 4.78 is 5.45. The van der Waals surface area contributed by atoms with Gasteiger partial charge in [-0.3, -0.25) is 0 Å². The normalized spacial score (nSPS) is 16.1. The van der Waals surface area contributed by atoms with Gasteiger partial charge in [-0.15, -0.1) is 0 Å². The molecule has 0 bridgehead atoms. The largest absolute Gasteiger partial charge is 0.381 e. The van der Waals surface area contributed by atoms with Crippen LogP contribution < -0.4 is 0 Å². The molecule has 2 rings (SSSR count). The highest BCUT2D eigenvalue weighted by Crippen LogP contribution is 2.26. The molecule has 0 aliphatic heterocycles. The van der Waals surface area contributed by atoms with Gasteiger partial charge in [-0.1, -0.05) is 24.3 Å². The van der Waals surface area contributed by atoms with E-state index in [2.05, 4.69) is 31.2 Å². The molecular formula is C12H16O. The molecule has 0 heterocycles. The molecule has 0 spiro atoms.